The van der Waals surface area contributed by atoms with E-state index in [4.69, 9.17) is 5.11 Å². The molecule has 5 nitrogen and oxygen atoms in total. The Morgan fingerprint density at radius 1 is 1.64 bits per heavy atom. The van der Waals surface area contributed by atoms with Crippen LogP contribution in [0.4, 0.5) is 0 Å². The molecule has 2 heterocycles. The van der Waals surface area contributed by atoms with Crippen LogP contribution in [0.1, 0.15) is 0 Å². The van der Waals surface area contributed by atoms with Crippen molar-refractivity contribution in [2.24, 2.45) is 0 Å². The fourth-order valence-electron chi connectivity index (χ4n) is 1.21. The van der Waals surface area contributed by atoms with E-state index in [9.17, 15) is 4.79 Å². The Labute approximate surface area is 92.9 Å². The van der Waals surface area contributed by atoms with Gasteiger partial charge in [0.15, 0.2) is 5.65 Å². The number of aliphatic carboxylic acids is 1. The quantitative estimate of drug-likeness (QED) is 0.844. The van der Waals surface area contributed by atoms with E-state index in [-0.39, 0.29) is 6.54 Å². The molecule has 0 spiro atoms. The van der Waals surface area contributed by atoms with Gasteiger partial charge in [0.1, 0.15) is 10.2 Å². The number of rotatable bonds is 2. The third kappa shape index (κ3) is 1.57. The van der Waals surface area contributed by atoms with E-state index in [1.807, 2.05) is 6.07 Å². The van der Waals surface area contributed by atoms with Gasteiger partial charge in [0.2, 0.25) is 0 Å². The van der Waals surface area contributed by atoms with Gasteiger partial charge in [-0.15, -0.1) is 0 Å². The minimum absolute atomic E-state index is 0.156. The number of hydrogen-bond donors (Lipinski definition) is 1. The lowest BCUT2D eigenvalue weighted by Gasteiger charge is -1.96. The molecule has 14 heavy (non-hydrogen) atoms. The number of carbonyl (C=O) groups is 1. The summed E-state index contributed by atoms with van der Waals surface area (Å²) in [6.45, 7) is -0.156. The van der Waals surface area contributed by atoms with Crippen molar-refractivity contribution in [1.82, 2.24) is 14.8 Å². The van der Waals surface area contributed by atoms with Crippen LogP contribution >= 0.6 is 22.6 Å². The van der Waals surface area contributed by atoms with Gasteiger partial charge in [0.25, 0.3) is 0 Å². The summed E-state index contributed by atoms with van der Waals surface area (Å²) in [5.41, 5.74) is 0.610. The average Bonchev–Trinajstić information content (AvgIpc) is 2.44. The van der Waals surface area contributed by atoms with Crippen LogP contribution in [-0.2, 0) is 11.3 Å². The maximum Gasteiger partial charge on any atom is 0.325 e. The van der Waals surface area contributed by atoms with Crippen LogP contribution in [0.2, 0.25) is 0 Å². The molecule has 0 unspecified atom stereocenters. The van der Waals surface area contributed by atoms with Gasteiger partial charge in [-0.25, -0.2) is 9.67 Å². The Bertz CT molecular complexity index is 494. The van der Waals surface area contributed by atoms with E-state index in [0.717, 1.165) is 9.09 Å². The topological polar surface area (TPSA) is 68.0 Å². The minimum atomic E-state index is -0.920. The van der Waals surface area contributed by atoms with Crippen molar-refractivity contribution >= 4 is 39.6 Å². The number of carboxylic acids is 1. The Balaban J connectivity index is 2.60. The molecule has 0 fully saturated rings. The Kier molecular flexibility index (Phi) is 2.36. The maximum absolute atomic E-state index is 10.5. The van der Waals surface area contributed by atoms with Gasteiger partial charge in [-0.1, -0.05) is 0 Å². The smallest absolute Gasteiger partial charge is 0.325 e. The third-order valence-electron chi connectivity index (χ3n) is 1.75. The number of pyridine rings is 1. The van der Waals surface area contributed by atoms with E-state index in [1.165, 1.54) is 4.68 Å². The molecule has 2 rings (SSSR count). The Morgan fingerprint density at radius 2 is 2.43 bits per heavy atom. The van der Waals surface area contributed by atoms with Gasteiger partial charge >= 0.3 is 5.97 Å². The zero-order chi connectivity index (χ0) is 10.1. The van der Waals surface area contributed by atoms with Crippen LogP contribution in [-0.4, -0.2) is 25.8 Å². The van der Waals surface area contributed by atoms with Gasteiger partial charge in [-0.3, -0.25) is 4.79 Å². The summed E-state index contributed by atoms with van der Waals surface area (Å²) in [7, 11) is 0. The first-order valence-electron chi connectivity index (χ1n) is 3.87. The first-order valence-corrected chi connectivity index (χ1v) is 4.95. The second kappa shape index (κ2) is 3.52. The van der Waals surface area contributed by atoms with E-state index in [1.54, 1.807) is 12.3 Å². The fourth-order valence-corrected chi connectivity index (χ4v) is 1.89. The largest absolute Gasteiger partial charge is 0.480 e. The summed E-state index contributed by atoms with van der Waals surface area (Å²) in [6, 6.07) is 3.67. The normalized spacial score (nSPS) is 10.6. The Hall–Kier alpha value is -1.18. The number of nitrogens with zero attached hydrogens (tertiary/aromatic N) is 3. The van der Waals surface area contributed by atoms with E-state index in [2.05, 4.69) is 32.7 Å². The van der Waals surface area contributed by atoms with Crippen LogP contribution in [0.15, 0.2) is 18.3 Å². The molecule has 0 atom stereocenters. The molecule has 6 heteroatoms. The van der Waals surface area contributed by atoms with Gasteiger partial charge < -0.3 is 5.11 Å². The molecule has 0 saturated heterocycles. The Morgan fingerprint density at radius 3 is 3.14 bits per heavy atom. The van der Waals surface area contributed by atoms with Crippen molar-refractivity contribution in [3.05, 3.63) is 22.0 Å². The molecule has 0 aliphatic heterocycles. The molecule has 0 radical (unpaired) electrons. The first-order chi connectivity index (χ1) is 6.68. The lowest BCUT2D eigenvalue weighted by Crippen LogP contribution is -2.10. The zero-order valence-electron chi connectivity index (χ0n) is 7.01. The lowest BCUT2D eigenvalue weighted by molar-refractivity contribution is -0.137. The molecule has 0 amide bonds. The summed E-state index contributed by atoms with van der Waals surface area (Å²) in [5, 5.41) is 13.6. The molecule has 0 bridgehead atoms. The number of aromatic nitrogens is 3. The van der Waals surface area contributed by atoms with Crippen molar-refractivity contribution in [1.29, 1.82) is 0 Å². The molecule has 0 aliphatic carbocycles. The first kappa shape index (κ1) is 9.38. The van der Waals surface area contributed by atoms with Crippen molar-refractivity contribution in [3.63, 3.8) is 0 Å². The van der Waals surface area contributed by atoms with Crippen molar-refractivity contribution in [2.45, 2.75) is 6.54 Å². The van der Waals surface area contributed by atoms with E-state index >= 15 is 0 Å². The molecule has 1 N–H and O–H groups in total. The minimum Gasteiger partial charge on any atom is -0.480 e. The standard InChI is InChI=1S/C8H6IN3O2/c9-7-5-2-1-3-10-8(5)12(11-7)4-6(13)14/h1-3H,4H2,(H,13,14). The van der Waals surface area contributed by atoms with Gasteiger partial charge in [0.05, 0.1) is 5.39 Å². The van der Waals surface area contributed by atoms with Gasteiger partial charge in [0, 0.05) is 6.20 Å². The van der Waals surface area contributed by atoms with Crippen LogP contribution in [0.3, 0.4) is 0 Å². The SMILES string of the molecule is O=C(O)Cn1nc(I)c2cccnc21. The summed E-state index contributed by atoms with van der Waals surface area (Å²) >= 11 is 2.06. The average molecular weight is 303 g/mol. The lowest BCUT2D eigenvalue weighted by atomic mass is 10.4. The number of fused-ring (bicyclic) bond motifs is 1. The van der Waals surface area contributed by atoms with Crippen LogP contribution in [0.5, 0.6) is 0 Å². The second-order valence-corrected chi connectivity index (χ2v) is 3.74. The van der Waals surface area contributed by atoms with E-state index in [0.29, 0.717) is 5.65 Å². The van der Waals surface area contributed by atoms with Crippen LogP contribution in [0.25, 0.3) is 11.0 Å². The second-order valence-electron chi connectivity index (χ2n) is 2.72. The molecule has 0 saturated carbocycles. The number of halogens is 1. The molecule has 2 aromatic rings. The van der Waals surface area contributed by atoms with Crippen molar-refractivity contribution in [3.8, 4) is 0 Å². The van der Waals surface area contributed by atoms with Crippen LogP contribution in [0, 0.1) is 3.70 Å². The highest BCUT2D eigenvalue weighted by molar-refractivity contribution is 14.1. The van der Waals surface area contributed by atoms with E-state index < -0.39 is 5.97 Å². The summed E-state index contributed by atoms with van der Waals surface area (Å²) in [5.74, 6) is -0.920. The number of carboxylic acid groups (broad SMARTS) is 1. The highest BCUT2D eigenvalue weighted by Gasteiger charge is 2.10. The van der Waals surface area contributed by atoms with Gasteiger partial charge in [-0.2, -0.15) is 5.10 Å². The molecule has 2 aromatic heterocycles. The molecule has 0 aromatic carbocycles. The monoisotopic (exact) mass is 303 g/mol. The molecule has 72 valence electrons. The summed E-state index contributed by atoms with van der Waals surface area (Å²) in [6.07, 6.45) is 1.62. The molecular weight excluding hydrogens is 297 g/mol. The fraction of sp³-hybridized carbons (Fsp3) is 0.125. The zero-order valence-corrected chi connectivity index (χ0v) is 9.17. The van der Waals surface area contributed by atoms with Crippen LogP contribution < -0.4 is 0 Å². The predicted octanol–water partition coefficient (Wildman–Crippen LogP) is 1.12. The highest BCUT2D eigenvalue weighted by Crippen LogP contribution is 2.17. The third-order valence-corrected chi connectivity index (χ3v) is 2.54. The number of hydrogen-bond acceptors (Lipinski definition) is 3. The summed E-state index contributed by atoms with van der Waals surface area (Å²) < 4.78 is 2.16. The highest BCUT2D eigenvalue weighted by atomic mass is 127. The predicted molar refractivity (Wildman–Crippen MR) is 57.9 cm³/mol. The molecule has 0 aliphatic rings. The van der Waals surface area contributed by atoms with Crippen molar-refractivity contribution in [2.75, 3.05) is 0 Å². The maximum atomic E-state index is 10.5. The molecular formula is C8H6IN3O2. The van der Waals surface area contributed by atoms with Crippen molar-refractivity contribution < 1.29 is 9.90 Å². The van der Waals surface area contributed by atoms with Gasteiger partial charge in [-0.05, 0) is 34.7 Å². The summed E-state index contributed by atoms with van der Waals surface area (Å²) in [4.78, 5) is 14.6.